The molecule has 1 aromatic carbocycles. The van der Waals surface area contributed by atoms with Crippen LogP contribution in [0.1, 0.15) is 25.3 Å². The number of aliphatic imine (C=N–C) groups is 1. The second kappa shape index (κ2) is 12.2. The van der Waals surface area contributed by atoms with Gasteiger partial charge < -0.3 is 20.3 Å². The van der Waals surface area contributed by atoms with Crippen LogP contribution in [0.15, 0.2) is 46.8 Å². The van der Waals surface area contributed by atoms with E-state index in [0.29, 0.717) is 6.04 Å². The number of hydrogen-bond donors (Lipinski definition) is 2. The summed E-state index contributed by atoms with van der Waals surface area (Å²) in [6, 6.07) is 13.0. The first-order valence-corrected chi connectivity index (χ1v) is 10.6. The maximum Gasteiger partial charge on any atom is 0.191 e. The van der Waals surface area contributed by atoms with Crippen LogP contribution in [0.4, 0.5) is 5.00 Å². The van der Waals surface area contributed by atoms with E-state index in [9.17, 15) is 0 Å². The van der Waals surface area contributed by atoms with Crippen LogP contribution in [-0.4, -0.2) is 45.3 Å². The van der Waals surface area contributed by atoms with E-state index in [4.69, 9.17) is 9.73 Å². The Morgan fingerprint density at radius 3 is 2.75 bits per heavy atom. The monoisotopic (exact) mass is 514 g/mol. The van der Waals surface area contributed by atoms with Gasteiger partial charge in [0, 0.05) is 32.2 Å². The Bertz CT molecular complexity index is 715. The molecule has 0 atom stereocenters. The van der Waals surface area contributed by atoms with Crippen molar-refractivity contribution in [2.24, 2.45) is 4.99 Å². The van der Waals surface area contributed by atoms with Gasteiger partial charge in [0.15, 0.2) is 5.96 Å². The summed E-state index contributed by atoms with van der Waals surface area (Å²) in [6.07, 6.45) is 3.18. The van der Waals surface area contributed by atoms with Gasteiger partial charge in [0.2, 0.25) is 0 Å². The number of nitrogens with one attached hydrogen (secondary N) is 2. The van der Waals surface area contributed by atoms with Crippen LogP contribution in [0.3, 0.4) is 0 Å². The van der Waals surface area contributed by atoms with Gasteiger partial charge in [0.25, 0.3) is 0 Å². The molecule has 0 amide bonds. The molecule has 5 nitrogen and oxygen atoms in total. The Balaban J connectivity index is 0.00000280. The van der Waals surface area contributed by atoms with Gasteiger partial charge in [-0.1, -0.05) is 12.1 Å². The first-order chi connectivity index (χ1) is 13.3. The van der Waals surface area contributed by atoms with E-state index in [0.717, 1.165) is 57.2 Å². The molecule has 1 aliphatic heterocycles. The summed E-state index contributed by atoms with van der Waals surface area (Å²) in [7, 11) is 1.70. The predicted octanol–water partition coefficient (Wildman–Crippen LogP) is 4.14. The SMILES string of the molecule is CCNC(=NCCc1cccc(OC)c1)NC1CCN(c2cccs2)CC1.I. The predicted molar refractivity (Wildman–Crippen MR) is 131 cm³/mol. The molecule has 2 aromatic rings. The lowest BCUT2D eigenvalue weighted by atomic mass is 10.1. The number of piperidine rings is 1. The largest absolute Gasteiger partial charge is 0.497 e. The van der Waals surface area contributed by atoms with Crippen LogP contribution in [0.5, 0.6) is 5.75 Å². The van der Waals surface area contributed by atoms with E-state index in [1.54, 1.807) is 7.11 Å². The van der Waals surface area contributed by atoms with E-state index in [-0.39, 0.29) is 24.0 Å². The molecule has 1 aromatic heterocycles. The molecule has 1 aliphatic rings. The number of rotatable bonds is 7. The van der Waals surface area contributed by atoms with E-state index in [2.05, 4.69) is 52.1 Å². The molecular formula is C21H31IN4OS. The lowest BCUT2D eigenvalue weighted by Gasteiger charge is -2.33. The first kappa shape index (κ1) is 22.8. The lowest BCUT2D eigenvalue weighted by Crippen LogP contribution is -2.48. The van der Waals surface area contributed by atoms with Crippen LogP contribution in [0.25, 0.3) is 0 Å². The zero-order valence-electron chi connectivity index (χ0n) is 16.7. The van der Waals surface area contributed by atoms with Crippen LogP contribution in [0, 0.1) is 0 Å². The third kappa shape index (κ3) is 6.84. The normalized spacial score (nSPS) is 15.1. The molecule has 0 saturated carbocycles. The molecule has 0 aliphatic carbocycles. The van der Waals surface area contributed by atoms with Crippen molar-refractivity contribution in [1.82, 2.24) is 10.6 Å². The van der Waals surface area contributed by atoms with E-state index >= 15 is 0 Å². The average molecular weight is 514 g/mol. The van der Waals surface area contributed by atoms with Crippen molar-refractivity contribution in [3.8, 4) is 5.75 Å². The number of guanidine groups is 1. The molecule has 2 heterocycles. The minimum Gasteiger partial charge on any atom is -0.497 e. The standard InChI is InChI=1S/C21H30N4OS.HI/c1-3-22-21(23-12-9-17-6-4-7-19(16-17)26-2)24-18-10-13-25(14-11-18)20-8-5-15-27-20;/h4-8,15-16,18H,3,9-14H2,1-2H3,(H2,22,23,24);1H. The van der Waals surface area contributed by atoms with Crippen molar-refractivity contribution in [1.29, 1.82) is 0 Å². The molecule has 0 bridgehead atoms. The fourth-order valence-corrected chi connectivity index (χ4v) is 4.12. The van der Waals surface area contributed by atoms with Crippen molar-refractivity contribution < 1.29 is 4.74 Å². The highest BCUT2D eigenvalue weighted by Gasteiger charge is 2.20. The minimum atomic E-state index is 0. The third-order valence-corrected chi connectivity index (χ3v) is 5.73. The summed E-state index contributed by atoms with van der Waals surface area (Å²) in [5.74, 6) is 1.83. The summed E-state index contributed by atoms with van der Waals surface area (Å²) < 4.78 is 5.29. The second-order valence-corrected chi connectivity index (χ2v) is 7.65. The Hall–Kier alpha value is -1.48. The Labute approximate surface area is 189 Å². The zero-order valence-corrected chi connectivity index (χ0v) is 19.8. The fraction of sp³-hybridized carbons (Fsp3) is 0.476. The van der Waals surface area contributed by atoms with Crippen molar-refractivity contribution in [3.63, 3.8) is 0 Å². The number of ether oxygens (including phenoxy) is 1. The number of thiophene rings is 1. The van der Waals surface area contributed by atoms with Gasteiger partial charge in [-0.25, -0.2) is 0 Å². The van der Waals surface area contributed by atoms with Crippen molar-refractivity contribution in [2.45, 2.75) is 32.2 Å². The van der Waals surface area contributed by atoms with Gasteiger partial charge in [-0.15, -0.1) is 35.3 Å². The maximum absolute atomic E-state index is 5.29. The molecular weight excluding hydrogens is 483 g/mol. The summed E-state index contributed by atoms with van der Waals surface area (Å²) in [6.45, 7) is 5.94. The summed E-state index contributed by atoms with van der Waals surface area (Å²) in [5.41, 5.74) is 1.25. The van der Waals surface area contributed by atoms with Crippen LogP contribution >= 0.6 is 35.3 Å². The van der Waals surface area contributed by atoms with Crippen molar-refractivity contribution >= 4 is 46.3 Å². The Morgan fingerprint density at radius 2 is 2.07 bits per heavy atom. The Kier molecular flexibility index (Phi) is 9.91. The number of nitrogens with zero attached hydrogens (tertiary/aromatic N) is 2. The number of benzene rings is 1. The fourth-order valence-electron chi connectivity index (χ4n) is 3.33. The summed E-state index contributed by atoms with van der Waals surface area (Å²) in [5, 5.41) is 10.5. The first-order valence-electron chi connectivity index (χ1n) is 9.74. The van der Waals surface area contributed by atoms with Crippen LogP contribution < -0.4 is 20.3 Å². The average Bonchev–Trinajstić information content (AvgIpc) is 3.24. The van der Waals surface area contributed by atoms with Gasteiger partial charge in [-0.3, -0.25) is 4.99 Å². The maximum atomic E-state index is 5.29. The number of halogens is 1. The topological polar surface area (TPSA) is 48.9 Å². The molecule has 1 fully saturated rings. The Morgan fingerprint density at radius 1 is 1.25 bits per heavy atom. The van der Waals surface area contributed by atoms with Crippen LogP contribution in [0.2, 0.25) is 0 Å². The highest BCUT2D eigenvalue weighted by Crippen LogP contribution is 2.24. The number of hydrogen-bond acceptors (Lipinski definition) is 4. The van der Waals surface area contributed by atoms with Crippen LogP contribution in [-0.2, 0) is 6.42 Å². The molecule has 2 N–H and O–H groups in total. The second-order valence-electron chi connectivity index (χ2n) is 6.72. The van der Waals surface area contributed by atoms with Gasteiger partial charge in [-0.05, 0) is 61.4 Å². The summed E-state index contributed by atoms with van der Waals surface area (Å²) in [4.78, 5) is 7.25. The molecule has 0 spiro atoms. The van der Waals surface area contributed by atoms with Crippen molar-refractivity contribution in [3.05, 3.63) is 47.3 Å². The van der Waals surface area contributed by atoms with Gasteiger partial charge >= 0.3 is 0 Å². The van der Waals surface area contributed by atoms with Gasteiger partial charge in [0.05, 0.1) is 12.1 Å². The number of methoxy groups -OCH3 is 1. The van der Waals surface area contributed by atoms with Gasteiger partial charge in [-0.2, -0.15) is 0 Å². The molecule has 0 radical (unpaired) electrons. The van der Waals surface area contributed by atoms with E-state index in [1.807, 2.05) is 23.5 Å². The number of anilines is 1. The van der Waals surface area contributed by atoms with Gasteiger partial charge in [0.1, 0.15) is 5.75 Å². The molecule has 0 unspecified atom stereocenters. The molecule has 1 saturated heterocycles. The highest BCUT2D eigenvalue weighted by molar-refractivity contribution is 14.0. The molecule has 154 valence electrons. The third-order valence-electron chi connectivity index (χ3n) is 4.80. The quantitative estimate of drug-likeness (QED) is 0.331. The lowest BCUT2D eigenvalue weighted by molar-refractivity contribution is 0.414. The smallest absolute Gasteiger partial charge is 0.191 e. The van der Waals surface area contributed by atoms with E-state index in [1.165, 1.54) is 10.6 Å². The summed E-state index contributed by atoms with van der Waals surface area (Å²) >= 11 is 1.82. The highest BCUT2D eigenvalue weighted by atomic mass is 127. The molecule has 3 rings (SSSR count). The minimum absolute atomic E-state index is 0. The van der Waals surface area contributed by atoms with Crippen molar-refractivity contribution in [2.75, 3.05) is 38.2 Å². The molecule has 7 heteroatoms. The van der Waals surface area contributed by atoms with E-state index < -0.39 is 0 Å². The molecule has 28 heavy (non-hydrogen) atoms. The zero-order chi connectivity index (χ0) is 18.9.